The minimum Gasteiger partial charge on any atom is -0.482 e. The number of carboxylic acids is 1. The number of nitrogens with zero attached hydrogens (tertiary/aromatic N) is 1. The van der Waals surface area contributed by atoms with Crippen molar-refractivity contribution < 1.29 is 19.4 Å². The molecule has 0 saturated heterocycles. The summed E-state index contributed by atoms with van der Waals surface area (Å²) in [4.78, 5) is 28.8. The van der Waals surface area contributed by atoms with Crippen LogP contribution in [0.2, 0.25) is 0 Å². The highest BCUT2D eigenvalue weighted by Gasteiger charge is 2.12. The Hall–Kier alpha value is -4.23. The van der Waals surface area contributed by atoms with E-state index in [2.05, 4.69) is 41.5 Å². The van der Waals surface area contributed by atoms with Crippen LogP contribution in [0, 0.1) is 0 Å². The van der Waals surface area contributed by atoms with Crippen molar-refractivity contribution in [1.29, 1.82) is 0 Å². The van der Waals surface area contributed by atoms with E-state index < -0.39 is 5.97 Å². The first-order chi connectivity index (χ1) is 19.4. The van der Waals surface area contributed by atoms with Gasteiger partial charge in [0.05, 0.1) is 22.1 Å². The van der Waals surface area contributed by atoms with Crippen LogP contribution in [0.25, 0.3) is 27.8 Å². The number of carbonyl (C=O) groups excluding carboxylic acids is 1. The summed E-state index contributed by atoms with van der Waals surface area (Å²) in [7, 11) is 0. The monoisotopic (exact) mass is 554 g/mol. The van der Waals surface area contributed by atoms with Gasteiger partial charge in [0.25, 0.3) is 0 Å². The summed E-state index contributed by atoms with van der Waals surface area (Å²) in [5.74, 6) is -0.657. The summed E-state index contributed by atoms with van der Waals surface area (Å²) in [6.45, 7) is 3.83. The highest BCUT2D eigenvalue weighted by Crippen LogP contribution is 2.35. The summed E-state index contributed by atoms with van der Waals surface area (Å²) in [5.41, 5.74) is 7.95. The number of amides is 1. The molecule has 0 aliphatic rings. The Bertz CT molecular complexity index is 1420. The van der Waals surface area contributed by atoms with E-state index in [-0.39, 0.29) is 18.6 Å². The van der Waals surface area contributed by atoms with Crippen molar-refractivity contribution in [3.8, 4) is 27.4 Å². The lowest BCUT2D eigenvalue weighted by Gasteiger charge is -2.13. The molecule has 0 fully saturated rings. The SMILES string of the molecule is CCCCCc1ccc(C(C)NC(=O)/C=C/c2ccc(-c3scnc3-c3ccc(OCC(=O)O)cc3)cc2)cc1. The van der Waals surface area contributed by atoms with Crippen LogP contribution >= 0.6 is 11.3 Å². The molecular formula is C33H34N2O4S. The number of thiazole rings is 1. The minimum atomic E-state index is -1.02. The van der Waals surface area contributed by atoms with Gasteiger partial charge in [0.2, 0.25) is 5.91 Å². The maximum Gasteiger partial charge on any atom is 0.341 e. The number of aryl methyl sites for hydroxylation is 1. The third-order valence-corrected chi connectivity index (χ3v) is 7.44. The number of ether oxygens (including phenoxy) is 1. The second-order valence-corrected chi connectivity index (χ2v) is 10.5. The maximum absolute atomic E-state index is 12.6. The third kappa shape index (κ3) is 8.13. The molecule has 1 atom stereocenters. The molecule has 206 valence electrons. The normalized spacial score (nSPS) is 11.8. The number of unbranched alkanes of at least 4 members (excludes halogenated alkanes) is 2. The highest BCUT2D eigenvalue weighted by atomic mass is 32.1. The number of hydrogen-bond acceptors (Lipinski definition) is 5. The van der Waals surface area contributed by atoms with Gasteiger partial charge in [-0.3, -0.25) is 4.79 Å². The number of rotatable bonds is 13. The molecule has 2 N–H and O–H groups in total. The van der Waals surface area contributed by atoms with Gasteiger partial charge in [-0.05, 0) is 72.4 Å². The Balaban J connectivity index is 1.34. The van der Waals surface area contributed by atoms with Gasteiger partial charge >= 0.3 is 5.97 Å². The first-order valence-electron chi connectivity index (χ1n) is 13.5. The van der Waals surface area contributed by atoms with Gasteiger partial charge in [-0.25, -0.2) is 9.78 Å². The van der Waals surface area contributed by atoms with E-state index in [9.17, 15) is 9.59 Å². The third-order valence-electron chi connectivity index (χ3n) is 6.57. The zero-order chi connectivity index (χ0) is 28.3. The fourth-order valence-corrected chi connectivity index (χ4v) is 5.14. The summed E-state index contributed by atoms with van der Waals surface area (Å²) in [6, 6.07) is 23.7. The Morgan fingerprint density at radius 3 is 2.35 bits per heavy atom. The van der Waals surface area contributed by atoms with Gasteiger partial charge in [0.1, 0.15) is 5.75 Å². The quantitative estimate of drug-likeness (QED) is 0.131. The van der Waals surface area contributed by atoms with Gasteiger partial charge in [0.15, 0.2) is 6.61 Å². The number of carbonyl (C=O) groups is 2. The molecule has 1 amide bonds. The summed E-state index contributed by atoms with van der Waals surface area (Å²) in [6.07, 6.45) is 8.15. The topological polar surface area (TPSA) is 88.5 Å². The van der Waals surface area contributed by atoms with E-state index in [0.29, 0.717) is 5.75 Å². The lowest BCUT2D eigenvalue weighted by molar-refractivity contribution is -0.139. The van der Waals surface area contributed by atoms with Crippen LogP contribution in [0.1, 0.15) is 55.8 Å². The highest BCUT2D eigenvalue weighted by molar-refractivity contribution is 7.13. The van der Waals surface area contributed by atoms with E-state index >= 15 is 0 Å². The van der Waals surface area contributed by atoms with Crippen molar-refractivity contribution in [2.45, 2.75) is 45.6 Å². The molecule has 0 saturated carbocycles. The fourth-order valence-electron chi connectivity index (χ4n) is 4.33. The van der Waals surface area contributed by atoms with E-state index in [1.807, 2.05) is 49.4 Å². The van der Waals surface area contributed by atoms with Crippen molar-refractivity contribution in [2.75, 3.05) is 6.61 Å². The molecule has 0 radical (unpaired) electrons. The Morgan fingerprint density at radius 2 is 1.68 bits per heavy atom. The molecule has 1 heterocycles. The van der Waals surface area contributed by atoms with Crippen molar-refractivity contribution >= 4 is 29.3 Å². The first-order valence-corrected chi connectivity index (χ1v) is 14.4. The fraction of sp³-hybridized carbons (Fsp3) is 0.242. The molecule has 0 bridgehead atoms. The lowest BCUT2D eigenvalue weighted by atomic mass is 10.0. The van der Waals surface area contributed by atoms with Crippen LogP contribution in [0.4, 0.5) is 0 Å². The molecule has 0 aliphatic heterocycles. The summed E-state index contributed by atoms with van der Waals surface area (Å²) >= 11 is 1.55. The molecule has 1 aromatic heterocycles. The zero-order valence-electron chi connectivity index (χ0n) is 22.8. The standard InChI is InChI=1S/C33H34N2O4S/c1-3-4-5-6-24-7-12-26(13-8-24)23(2)35-30(36)20-11-25-9-14-28(15-10-25)33-32(34-22-40-33)27-16-18-29(19-17-27)39-21-31(37)38/h7-20,22-23H,3-6,21H2,1-2H3,(H,35,36)(H,37,38)/b20-11+. The Kier molecular flexibility index (Phi) is 10.2. The van der Waals surface area contributed by atoms with Gasteiger partial charge < -0.3 is 15.2 Å². The summed E-state index contributed by atoms with van der Waals surface area (Å²) in [5, 5.41) is 11.8. The molecular weight excluding hydrogens is 520 g/mol. The molecule has 3 aromatic carbocycles. The van der Waals surface area contributed by atoms with Crippen molar-refractivity contribution in [3.63, 3.8) is 0 Å². The molecule has 4 aromatic rings. The van der Waals surface area contributed by atoms with E-state index in [4.69, 9.17) is 9.84 Å². The number of benzene rings is 3. The van der Waals surface area contributed by atoms with Crippen molar-refractivity contribution in [2.24, 2.45) is 0 Å². The lowest BCUT2D eigenvalue weighted by Crippen LogP contribution is -2.24. The molecule has 0 aliphatic carbocycles. The second kappa shape index (κ2) is 14.2. The number of hydrogen-bond donors (Lipinski definition) is 2. The smallest absolute Gasteiger partial charge is 0.341 e. The number of nitrogens with one attached hydrogen (secondary N) is 1. The second-order valence-electron chi connectivity index (χ2n) is 9.62. The largest absolute Gasteiger partial charge is 0.482 e. The molecule has 1 unspecified atom stereocenters. The van der Waals surface area contributed by atoms with Crippen LogP contribution in [0.3, 0.4) is 0 Å². The van der Waals surface area contributed by atoms with Gasteiger partial charge in [0, 0.05) is 11.6 Å². The average Bonchev–Trinajstić information content (AvgIpc) is 3.46. The zero-order valence-corrected chi connectivity index (χ0v) is 23.6. The van der Waals surface area contributed by atoms with Crippen molar-refractivity contribution in [1.82, 2.24) is 10.3 Å². The molecule has 40 heavy (non-hydrogen) atoms. The number of carboxylic acid groups (broad SMARTS) is 1. The molecule has 6 nitrogen and oxygen atoms in total. The molecule has 4 rings (SSSR count). The Morgan fingerprint density at radius 1 is 0.975 bits per heavy atom. The molecule has 0 spiro atoms. The van der Waals surface area contributed by atoms with Crippen LogP contribution < -0.4 is 10.1 Å². The van der Waals surface area contributed by atoms with Gasteiger partial charge in [-0.15, -0.1) is 11.3 Å². The van der Waals surface area contributed by atoms with Gasteiger partial charge in [-0.2, -0.15) is 0 Å². The maximum atomic E-state index is 12.6. The van der Waals surface area contributed by atoms with Crippen LogP contribution in [-0.2, 0) is 16.0 Å². The predicted molar refractivity (Wildman–Crippen MR) is 161 cm³/mol. The van der Waals surface area contributed by atoms with E-state index in [1.54, 1.807) is 35.1 Å². The van der Waals surface area contributed by atoms with Crippen LogP contribution in [-0.4, -0.2) is 28.6 Å². The number of aromatic nitrogens is 1. The van der Waals surface area contributed by atoms with E-state index in [1.165, 1.54) is 24.8 Å². The minimum absolute atomic E-state index is 0.0771. The van der Waals surface area contributed by atoms with Crippen LogP contribution in [0.15, 0.2) is 84.4 Å². The number of aliphatic carboxylic acids is 1. The first kappa shape index (κ1) is 28.8. The van der Waals surface area contributed by atoms with Crippen LogP contribution in [0.5, 0.6) is 5.75 Å². The summed E-state index contributed by atoms with van der Waals surface area (Å²) < 4.78 is 5.22. The van der Waals surface area contributed by atoms with Crippen molar-refractivity contribution in [3.05, 3.63) is 101 Å². The van der Waals surface area contributed by atoms with E-state index in [0.717, 1.165) is 39.2 Å². The predicted octanol–water partition coefficient (Wildman–Crippen LogP) is 7.56. The average molecular weight is 555 g/mol. The Labute approximate surface area is 239 Å². The molecule has 7 heteroatoms. The van der Waals surface area contributed by atoms with Gasteiger partial charge in [-0.1, -0.05) is 68.3 Å².